The molecule has 1 unspecified atom stereocenters. The second-order valence-corrected chi connectivity index (χ2v) is 4.77. The maximum absolute atomic E-state index is 6.19. The summed E-state index contributed by atoms with van der Waals surface area (Å²) in [6.45, 7) is 1.90. The van der Waals surface area contributed by atoms with Crippen molar-refractivity contribution in [1.29, 1.82) is 0 Å². The highest BCUT2D eigenvalue weighted by atomic mass is 35.5. The summed E-state index contributed by atoms with van der Waals surface area (Å²) in [5, 5.41) is 1.31. The van der Waals surface area contributed by atoms with Crippen molar-refractivity contribution in [2.75, 3.05) is 18.0 Å². The van der Waals surface area contributed by atoms with Gasteiger partial charge in [-0.3, -0.25) is 0 Å². The Balaban J connectivity index is 2.01. The van der Waals surface area contributed by atoms with Crippen molar-refractivity contribution >= 4 is 28.4 Å². The first-order chi connectivity index (χ1) is 7.84. The molecule has 0 aliphatic carbocycles. The van der Waals surface area contributed by atoms with Crippen LogP contribution in [0.5, 0.6) is 0 Å². The molecule has 16 heavy (non-hydrogen) atoms. The third-order valence-electron chi connectivity index (χ3n) is 3.02. The van der Waals surface area contributed by atoms with Crippen LogP contribution in [0.25, 0.3) is 11.0 Å². The summed E-state index contributed by atoms with van der Waals surface area (Å²) < 4.78 is 5.38. The summed E-state index contributed by atoms with van der Waals surface area (Å²) in [4.78, 5) is 6.69. The van der Waals surface area contributed by atoms with Crippen LogP contribution in [0.4, 0.5) is 5.82 Å². The molecule has 0 saturated carbocycles. The van der Waals surface area contributed by atoms with Crippen molar-refractivity contribution in [2.24, 2.45) is 0 Å². The van der Waals surface area contributed by atoms with Crippen LogP contribution in [-0.4, -0.2) is 23.5 Å². The Morgan fingerprint density at radius 3 is 3.25 bits per heavy atom. The molecule has 3 heterocycles. The van der Waals surface area contributed by atoms with Gasteiger partial charge in [-0.05, 0) is 25.0 Å². The maximum atomic E-state index is 6.19. The molecule has 1 saturated heterocycles. The molecule has 1 atom stereocenters. The first kappa shape index (κ1) is 9.97. The van der Waals surface area contributed by atoms with Crippen LogP contribution in [0.1, 0.15) is 12.8 Å². The molecule has 2 aromatic rings. The zero-order chi connectivity index (χ0) is 11.0. The fourth-order valence-electron chi connectivity index (χ4n) is 2.25. The van der Waals surface area contributed by atoms with E-state index in [4.69, 9.17) is 16.0 Å². The fourth-order valence-corrected chi connectivity index (χ4v) is 2.57. The van der Waals surface area contributed by atoms with Gasteiger partial charge in [0, 0.05) is 19.3 Å². The van der Waals surface area contributed by atoms with Gasteiger partial charge in [0.15, 0.2) is 0 Å². The van der Waals surface area contributed by atoms with E-state index in [2.05, 4.69) is 9.88 Å². The molecular weight excluding hydrogens is 224 g/mol. The first-order valence-electron chi connectivity index (χ1n) is 5.56. The minimum atomic E-state index is 0.234. The highest BCUT2D eigenvalue weighted by Gasteiger charge is 2.20. The Kier molecular flexibility index (Phi) is 2.48. The van der Waals surface area contributed by atoms with Gasteiger partial charge in [0.2, 0.25) is 0 Å². The van der Waals surface area contributed by atoms with Gasteiger partial charge in [0.25, 0.3) is 0 Å². The molecule has 1 aliphatic rings. The van der Waals surface area contributed by atoms with Crippen molar-refractivity contribution in [3.8, 4) is 0 Å². The lowest BCUT2D eigenvalue weighted by Crippen LogP contribution is -2.36. The molecule has 0 amide bonds. The molecule has 0 radical (unpaired) electrons. The third-order valence-corrected chi connectivity index (χ3v) is 3.38. The average molecular weight is 237 g/mol. The molecule has 1 aliphatic heterocycles. The third kappa shape index (κ3) is 1.65. The predicted octanol–water partition coefficient (Wildman–Crippen LogP) is 3.04. The van der Waals surface area contributed by atoms with Gasteiger partial charge >= 0.3 is 0 Å². The summed E-state index contributed by atoms with van der Waals surface area (Å²) in [7, 11) is 0. The summed E-state index contributed by atoms with van der Waals surface area (Å²) in [5.74, 6) is 0.997. The predicted molar refractivity (Wildman–Crippen MR) is 65.1 cm³/mol. The number of anilines is 1. The second kappa shape index (κ2) is 3.98. The van der Waals surface area contributed by atoms with Gasteiger partial charge in [-0.1, -0.05) is 0 Å². The van der Waals surface area contributed by atoms with Crippen LogP contribution in [0.3, 0.4) is 0 Å². The van der Waals surface area contributed by atoms with Gasteiger partial charge in [0.1, 0.15) is 11.4 Å². The minimum absolute atomic E-state index is 0.234. The number of rotatable bonds is 1. The van der Waals surface area contributed by atoms with Crippen molar-refractivity contribution in [2.45, 2.75) is 18.2 Å². The molecule has 0 bridgehead atoms. The Morgan fingerprint density at radius 2 is 2.38 bits per heavy atom. The molecule has 84 valence electrons. The molecule has 0 spiro atoms. The van der Waals surface area contributed by atoms with Gasteiger partial charge < -0.3 is 9.32 Å². The van der Waals surface area contributed by atoms with E-state index in [1.807, 2.05) is 12.1 Å². The van der Waals surface area contributed by atoms with Crippen LogP contribution in [-0.2, 0) is 0 Å². The average Bonchev–Trinajstić information content (AvgIpc) is 2.76. The van der Waals surface area contributed by atoms with Gasteiger partial charge in [0.05, 0.1) is 17.0 Å². The van der Waals surface area contributed by atoms with Crippen LogP contribution >= 0.6 is 11.6 Å². The van der Waals surface area contributed by atoms with Gasteiger partial charge in [-0.25, -0.2) is 4.98 Å². The van der Waals surface area contributed by atoms with E-state index in [9.17, 15) is 0 Å². The Morgan fingerprint density at radius 1 is 1.44 bits per heavy atom. The summed E-state index contributed by atoms with van der Waals surface area (Å²) in [5.41, 5.74) is 0.890. The van der Waals surface area contributed by atoms with Crippen molar-refractivity contribution in [1.82, 2.24) is 4.98 Å². The molecule has 1 fully saturated rings. The number of furan rings is 1. The second-order valence-electron chi connectivity index (χ2n) is 4.15. The normalized spacial score (nSPS) is 21.6. The Labute approximate surface area is 99.0 Å². The molecule has 3 nitrogen and oxygen atoms in total. The molecule has 3 rings (SSSR count). The number of alkyl halides is 1. The van der Waals surface area contributed by atoms with Crippen LogP contribution in [0.15, 0.2) is 29.0 Å². The highest BCUT2D eigenvalue weighted by Crippen LogP contribution is 2.28. The number of hydrogen-bond donors (Lipinski definition) is 0. The Bertz CT molecular complexity index is 496. The molecule has 2 aromatic heterocycles. The lowest BCUT2D eigenvalue weighted by Gasteiger charge is -2.30. The number of halogens is 1. The largest absolute Gasteiger partial charge is 0.464 e. The molecular formula is C12H13ClN2O. The van der Waals surface area contributed by atoms with Crippen LogP contribution < -0.4 is 4.90 Å². The zero-order valence-electron chi connectivity index (χ0n) is 8.90. The minimum Gasteiger partial charge on any atom is -0.464 e. The van der Waals surface area contributed by atoms with E-state index in [1.54, 1.807) is 12.5 Å². The lowest BCUT2D eigenvalue weighted by atomic mass is 10.1. The smallest absolute Gasteiger partial charge is 0.139 e. The standard InChI is InChI=1S/C12H13ClN2O/c13-9-2-1-6-15(8-9)12-10-4-7-16-11(10)3-5-14-12/h3-5,7,9H,1-2,6,8H2. The summed E-state index contributed by atoms with van der Waals surface area (Å²) >= 11 is 6.19. The quantitative estimate of drug-likeness (QED) is 0.713. The van der Waals surface area contributed by atoms with E-state index >= 15 is 0 Å². The Hall–Kier alpha value is -1.22. The fraction of sp³-hybridized carbons (Fsp3) is 0.417. The molecule has 0 N–H and O–H groups in total. The molecule has 4 heteroatoms. The summed E-state index contributed by atoms with van der Waals surface area (Å²) in [6.07, 6.45) is 5.72. The first-order valence-corrected chi connectivity index (χ1v) is 5.99. The lowest BCUT2D eigenvalue weighted by molar-refractivity contribution is 0.581. The van der Waals surface area contributed by atoms with Crippen molar-refractivity contribution in [3.05, 3.63) is 24.6 Å². The van der Waals surface area contributed by atoms with Gasteiger partial charge in [-0.15, -0.1) is 11.6 Å². The SMILES string of the molecule is ClC1CCCN(c2nccc3occc23)C1. The number of fused-ring (bicyclic) bond motifs is 1. The van der Waals surface area contributed by atoms with E-state index in [0.29, 0.717) is 0 Å². The van der Waals surface area contributed by atoms with Gasteiger partial charge in [-0.2, -0.15) is 0 Å². The number of nitrogens with zero attached hydrogens (tertiary/aromatic N) is 2. The highest BCUT2D eigenvalue weighted by molar-refractivity contribution is 6.21. The number of hydrogen-bond acceptors (Lipinski definition) is 3. The van der Waals surface area contributed by atoms with Crippen molar-refractivity contribution in [3.63, 3.8) is 0 Å². The van der Waals surface area contributed by atoms with E-state index in [-0.39, 0.29) is 5.38 Å². The summed E-state index contributed by atoms with van der Waals surface area (Å²) in [6, 6.07) is 3.86. The molecule has 0 aromatic carbocycles. The monoisotopic (exact) mass is 236 g/mol. The topological polar surface area (TPSA) is 29.3 Å². The van der Waals surface area contributed by atoms with E-state index in [1.165, 1.54) is 0 Å². The number of aromatic nitrogens is 1. The maximum Gasteiger partial charge on any atom is 0.139 e. The number of pyridine rings is 1. The van der Waals surface area contributed by atoms with E-state index in [0.717, 1.165) is 42.7 Å². The zero-order valence-corrected chi connectivity index (χ0v) is 9.65. The van der Waals surface area contributed by atoms with Crippen LogP contribution in [0, 0.1) is 0 Å². The van der Waals surface area contributed by atoms with Crippen molar-refractivity contribution < 1.29 is 4.42 Å². The van der Waals surface area contributed by atoms with Crippen LogP contribution in [0.2, 0.25) is 0 Å². The number of piperidine rings is 1. The van der Waals surface area contributed by atoms with E-state index < -0.39 is 0 Å².